The second-order valence-electron chi connectivity index (χ2n) is 5.63. The van der Waals surface area contributed by atoms with Gasteiger partial charge in [0.25, 0.3) is 0 Å². The predicted molar refractivity (Wildman–Crippen MR) is 89.2 cm³/mol. The zero-order chi connectivity index (χ0) is 18.7. The number of amides is 1. The first-order valence-electron chi connectivity index (χ1n) is 7.82. The smallest absolute Gasteiger partial charge is 0.396 e. The highest BCUT2D eigenvalue weighted by atomic mass is 19.1. The van der Waals surface area contributed by atoms with Crippen LogP contribution in [0, 0.1) is 5.82 Å². The van der Waals surface area contributed by atoms with E-state index in [0.29, 0.717) is 16.7 Å². The zero-order valence-corrected chi connectivity index (χ0v) is 14.2. The van der Waals surface area contributed by atoms with Crippen molar-refractivity contribution >= 4 is 23.0 Å². The lowest BCUT2D eigenvalue weighted by Gasteiger charge is -2.28. The van der Waals surface area contributed by atoms with Crippen molar-refractivity contribution in [1.82, 2.24) is 14.9 Å². The average Bonchev–Trinajstić information content (AvgIpc) is 3.12. The summed E-state index contributed by atoms with van der Waals surface area (Å²) in [6, 6.07) is 7.11. The van der Waals surface area contributed by atoms with Crippen LogP contribution in [0.25, 0.3) is 11.1 Å². The molecule has 0 bridgehead atoms. The minimum Gasteiger partial charge on any atom is -0.462 e. The Hall–Kier alpha value is -3.29. The van der Waals surface area contributed by atoms with Crippen LogP contribution in [0.4, 0.5) is 4.39 Å². The number of halogens is 1. The molecule has 3 rings (SSSR count). The van der Waals surface area contributed by atoms with E-state index in [9.17, 15) is 14.0 Å². The molecular weight excluding hydrogens is 341 g/mol. The van der Waals surface area contributed by atoms with Crippen molar-refractivity contribution in [3.8, 4) is 0 Å². The number of hydrogen-bond donors (Lipinski definition) is 0. The molecule has 3 aromatic rings. The number of aromatic nitrogens is 2. The number of ether oxygens (including phenoxy) is 1. The number of pyridine rings is 1. The van der Waals surface area contributed by atoms with Gasteiger partial charge in [0.2, 0.25) is 0 Å². The summed E-state index contributed by atoms with van der Waals surface area (Å²) in [4.78, 5) is 33.5. The number of methoxy groups -OCH3 is 1. The van der Waals surface area contributed by atoms with Gasteiger partial charge < -0.3 is 14.1 Å². The summed E-state index contributed by atoms with van der Waals surface area (Å²) in [7, 11) is 1.12. The summed E-state index contributed by atoms with van der Waals surface area (Å²) >= 11 is 0. The topological polar surface area (TPSA) is 85.5 Å². The molecule has 1 aromatic carbocycles. The number of carbonyl (C=O) groups is 2. The van der Waals surface area contributed by atoms with E-state index in [1.165, 1.54) is 29.6 Å². The molecule has 1 atom stereocenters. The molecular formula is C18H16FN3O4. The van der Waals surface area contributed by atoms with Crippen LogP contribution < -0.4 is 0 Å². The van der Waals surface area contributed by atoms with Gasteiger partial charge in [0.1, 0.15) is 11.3 Å². The first-order chi connectivity index (χ1) is 12.5. The third kappa shape index (κ3) is 3.39. The molecule has 1 amide bonds. The van der Waals surface area contributed by atoms with Gasteiger partial charge in [-0.2, -0.15) is 0 Å². The van der Waals surface area contributed by atoms with Crippen LogP contribution in [0.5, 0.6) is 0 Å². The lowest BCUT2D eigenvalue weighted by molar-refractivity contribution is -0.159. The first kappa shape index (κ1) is 17.5. The normalized spacial score (nSPS) is 12.0. The Balaban J connectivity index is 1.95. The SMILES string of the molecule is COC(=O)C(=O)N(Cc1ccc2ocnc2c1)C(C)c1ncccc1F. The van der Waals surface area contributed by atoms with E-state index >= 15 is 0 Å². The summed E-state index contributed by atoms with van der Waals surface area (Å²) in [6.45, 7) is 1.65. The molecule has 0 N–H and O–H groups in total. The quantitative estimate of drug-likeness (QED) is 0.527. The van der Waals surface area contributed by atoms with Crippen LogP contribution in [0.1, 0.15) is 24.2 Å². The second-order valence-corrected chi connectivity index (χ2v) is 5.63. The maximum absolute atomic E-state index is 14.1. The van der Waals surface area contributed by atoms with Gasteiger partial charge in [-0.3, -0.25) is 9.78 Å². The van der Waals surface area contributed by atoms with Gasteiger partial charge in [0.15, 0.2) is 12.0 Å². The molecule has 0 radical (unpaired) electrons. The van der Waals surface area contributed by atoms with Crippen molar-refractivity contribution in [2.24, 2.45) is 0 Å². The van der Waals surface area contributed by atoms with Crippen molar-refractivity contribution in [2.45, 2.75) is 19.5 Å². The molecule has 134 valence electrons. The van der Waals surface area contributed by atoms with E-state index in [0.717, 1.165) is 7.11 Å². The molecule has 7 nitrogen and oxygen atoms in total. The van der Waals surface area contributed by atoms with Crippen molar-refractivity contribution in [3.63, 3.8) is 0 Å². The molecule has 0 spiro atoms. The number of esters is 1. The Kier molecular flexibility index (Phi) is 4.92. The molecule has 0 fully saturated rings. The maximum Gasteiger partial charge on any atom is 0.396 e. The highest BCUT2D eigenvalue weighted by Crippen LogP contribution is 2.24. The summed E-state index contributed by atoms with van der Waals surface area (Å²) in [6.07, 6.45) is 2.74. The predicted octanol–water partition coefficient (Wildman–Crippen LogP) is 2.62. The van der Waals surface area contributed by atoms with Gasteiger partial charge in [-0.25, -0.2) is 14.2 Å². The van der Waals surface area contributed by atoms with Crippen LogP contribution in [0.2, 0.25) is 0 Å². The number of hydrogen-bond acceptors (Lipinski definition) is 6. The summed E-state index contributed by atoms with van der Waals surface area (Å²) in [5.41, 5.74) is 1.98. The van der Waals surface area contributed by atoms with Gasteiger partial charge in [-0.05, 0) is 36.8 Å². The lowest BCUT2D eigenvalue weighted by atomic mass is 10.1. The van der Waals surface area contributed by atoms with Gasteiger partial charge >= 0.3 is 11.9 Å². The van der Waals surface area contributed by atoms with Gasteiger partial charge in [0, 0.05) is 12.7 Å². The second kappa shape index (κ2) is 7.30. The molecule has 26 heavy (non-hydrogen) atoms. The fourth-order valence-corrected chi connectivity index (χ4v) is 2.64. The standard InChI is InChI=1S/C18H16FN3O4/c1-11(16-13(19)4-3-7-20-16)22(17(23)18(24)25-2)9-12-5-6-15-14(8-12)21-10-26-15/h3-8,10-11H,9H2,1-2H3. The Bertz CT molecular complexity index is 956. The molecule has 0 aliphatic heterocycles. The monoisotopic (exact) mass is 357 g/mol. The van der Waals surface area contributed by atoms with E-state index in [1.54, 1.807) is 25.1 Å². The number of nitrogens with zero attached hydrogens (tertiary/aromatic N) is 3. The molecule has 1 unspecified atom stereocenters. The van der Waals surface area contributed by atoms with E-state index in [-0.39, 0.29) is 12.2 Å². The maximum atomic E-state index is 14.1. The highest BCUT2D eigenvalue weighted by Gasteiger charge is 2.30. The number of benzene rings is 1. The number of rotatable bonds is 4. The minimum atomic E-state index is -1.03. The fourth-order valence-electron chi connectivity index (χ4n) is 2.64. The zero-order valence-electron chi connectivity index (χ0n) is 14.2. The van der Waals surface area contributed by atoms with Crippen molar-refractivity contribution < 1.29 is 23.1 Å². The van der Waals surface area contributed by atoms with E-state index in [2.05, 4.69) is 14.7 Å². The summed E-state index contributed by atoms with van der Waals surface area (Å²) in [5.74, 6) is -2.48. The Morgan fingerprint density at radius 1 is 1.31 bits per heavy atom. The van der Waals surface area contributed by atoms with Gasteiger partial charge in [-0.1, -0.05) is 6.07 Å². The fraction of sp³-hybridized carbons (Fsp3) is 0.222. The van der Waals surface area contributed by atoms with Crippen molar-refractivity contribution in [1.29, 1.82) is 0 Å². The number of fused-ring (bicyclic) bond motifs is 1. The molecule has 0 saturated heterocycles. The van der Waals surface area contributed by atoms with Crippen LogP contribution in [-0.2, 0) is 20.9 Å². The number of oxazole rings is 1. The molecule has 2 aromatic heterocycles. The average molecular weight is 357 g/mol. The van der Waals surface area contributed by atoms with Gasteiger partial charge in [0.05, 0.1) is 18.8 Å². The van der Waals surface area contributed by atoms with Crippen LogP contribution >= 0.6 is 0 Å². The van der Waals surface area contributed by atoms with Crippen molar-refractivity contribution in [3.05, 3.63) is 60.0 Å². The molecule has 2 heterocycles. The first-order valence-corrected chi connectivity index (χ1v) is 7.82. The molecule has 0 aliphatic carbocycles. The molecule has 0 aliphatic rings. The van der Waals surface area contributed by atoms with Crippen LogP contribution in [0.15, 0.2) is 47.3 Å². The minimum absolute atomic E-state index is 0.0495. The number of carbonyl (C=O) groups excluding carboxylic acids is 2. The Labute approximate surface area is 148 Å². The Morgan fingerprint density at radius 2 is 2.12 bits per heavy atom. The van der Waals surface area contributed by atoms with Crippen LogP contribution in [-0.4, -0.2) is 33.9 Å². The van der Waals surface area contributed by atoms with E-state index < -0.39 is 23.7 Å². The van der Waals surface area contributed by atoms with Crippen molar-refractivity contribution in [2.75, 3.05) is 7.11 Å². The van der Waals surface area contributed by atoms with E-state index in [4.69, 9.17) is 4.42 Å². The summed E-state index contributed by atoms with van der Waals surface area (Å²) in [5, 5.41) is 0. The van der Waals surface area contributed by atoms with Crippen LogP contribution in [0.3, 0.4) is 0 Å². The Morgan fingerprint density at radius 3 is 2.85 bits per heavy atom. The third-order valence-electron chi connectivity index (χ3n) is 4.02. The molecule has 0 saturated carbocycles. The molecule has 8 heteroatoms. The summed E-state index contributed by atoms with van der Waals surface area (Å²) < 4.78 is 23.8. The van der Waals surface area contributed by atoms with E-state index in [1.807, 2.05) is 0 Å². The lowest BCUT2D eigenvalue weighted by Crippen LogP contribution is -2.39. The highest BCUT2D eigenvalue weighted by molar-refractivity contribution is 6.32. The van der Waals surface area contributed by atoms with Gasteiger partial charge in [-0.15, -0.1) is 0 Å². The largest absolute Gasteiger partial charge is 0.462 e. The third-order valence-corrected chi connectivity index (χ3v) is 4.02.